The minimum Gasteiger partial charge on any atom is -0.465 e. The molecule has 0 unspecified atom stereocenters. The molecule has 1 atom stereocenters. The van der Waals surface area contributed by atoms with E-state index in [1.165, 1.54) is 17.7 Å². The third-order valence-corrected chi connectivity index (χ3v) is 8.08. The number of aromatic nitrogens is 5. The highest BCUT2D eigenvalue weighted by atomic mass is 32.1. The zero-order valence-electron chi connectivity index (χ0n) is 21.4. The average Bonchev–Trinajstić information content (AvgIpc) is 3.28. The molecule has 0 spiro atoms. The van der Waals surface area contributed by atoms with Crippen LogP contribution in [-0.2, 0) is 17.8 Å². The van der Waals surface area contributed by atoms with Gasteiger partial charge in [-0.05, 0) is 48.9 Å². The van der Waals surface area contributed by atoms with E-state index in [1.54, 1.807) is 11.8 Å². The van der Waals surface area contributed by atoms with Crippen LogP contribution in [0.15, 0.2) is 35.7 Å². The summed E-state index contributed by atoms with van der Waals surface area (Å²) in [5, 5.41) is 17.2. The fourth-order valence-corrected chi connectivity index (χ4v) is 5.86. The lowest BCUT2D eigenvalue weighted by molar-refractivity contribution is -0.126. The van der Waals surface area contributed by atoms with E-state index in [4.69, 9.17) is 5.73 Å². The molecule has 202 valence electrons. The van der Waals surface area contributed by atoms with Crippen molar-refractivity contribution in [1.82, 2.24) is 35.1 Å². The Morgan fingerprint density at radius 3 is 2.79 bits per heavy atom. The monoisotopic (exact) mass is 547 g/mol. The second-order valence-electron chi connectivity index (χ2n) is 10.1. The number of hydrogen-bond donors (Lipinski definition) is 4. The Hall–Kier alpha value is -4.26. The Bertz CT molecular complexity index is 1550. The minimum absolute atomic E-state index is 0.123. The molecule has 2 aliphatic rings. The van der Waals surface area contributed by atoms with Gasteiger partial charge in [-0.1, -0.05) is 6.92 Å². The molecule has 4 aromatic rings. The standard InChI is InChI=1S/C26H29N9O3S/c1-2-15-7-16(19-10-39-14-31-19)8-20(18(15)9-35-13-30-21-22(27)28-12-29-23(21)35)34-6-5-26(11-34,33-25(37)38)24(36)32-17-3-4-17/h7-8,10,12-14,17,33H,2-6,9,11H2,1H3,(H,32,36)(H,37,38)(H2,27,28,29)/t26-/m1/s1. The smallest absolute Gasteiger partial charge is 0.405 e. The number of nitrogens with one attached hydrogen (secondary N) is 2. The molecule has 1 saturated carbocycles. The maximum Gasteiger partial charge on any atom is 0.405 e. The maximum absolute atomic E-state index is 13.3. The molecule has 13 heteroatoms. The summed E-state index contributed by atoms with van der Waals surface area (Å²) >= 11 is 1.53. The van der Waals surface area contributed by atoms with Gasteiger partial charge in [-0.2, -0.15) is 0 Å². The van der Waals surface area contributed by atoms with Gasteiger partial charge in [0.1, 0.15) is 17.4 Å². The molecule has 2 fully saturated rings. The molecule has 1 aromatic carbocycles. The summed E-state index contributed by atoms with van der Waals surface area (Å²) in [6.45, 7) is 3.29. The van der Waals surface area contributed by atoms with Gasteiger partial charge in [0.05, 0.1) is 30.6 Å². The zero-order valence-corrected chi connectivity index (χ0v) is 22.2. The Balaban J connectivity index is 1.43. The number of nitrogens with zero attached hydrogens (tertiary/aromatic N) is 6. The lowest BCUT2D eigenvalue weighted by Crippen LogP contribution is -2.60. The number of carbonyl (C=O) groups is 2. The number of carbonyl (C=O) groups excluding carboxylic acids is 1. The first-order valence-electron chi connectivity index (χ1n) is 12.9. The van der Waals surface area contributed by atoms with Crippen molar-refractivity contribution >= 4 is 46.0 Å². The van der Waals surface area contributed by atoms with Crippen LogP contribution in [0.1, 0.15) is 37.3 Å². The van der Waals surface area contributed by atoms with E-state index in [-0.39, 0.29) is 18.5 Å². The van der Waals surface area contributed by atoms with Gasteiger partial charge in [0, 0.05) is 29.2 Å². The second-order valence-corrected chi connectivity index (χ2v) is 10.8. The van der Waals surface area contributed by atoms with Crippen LogP contribution in [0, 0.1) is 0 Å². The van der Waals surface area contributed by atoms with E-state index in [2.05, 4.69) is 54.5 Å². The summed E-state index contributed by atoms with van der Waals surface area (Å²) in [5.41, 5.74) is 12.7. The molecule has 39 heavy (non-hydrogen) atoms. The van der Waals surface area contributed by atoms with Crippen molar-refractivity contribution in [3.8, 4) is 11.3 Å². The van der Waals surface area contributed by atoms with Crippen molar-refractivity contribution in [3.05, 3.63) is 46.8 Å². The van der Waals surface area contributed by atoms with E-state index >= 15 is 0 Å². The summed E-state index contributed by atoms with van der Waals surface area (Å²) in [6.07, 6.45) is 4.88. The van der Waals surface area contributed by atoms with Crippen LogP contribution in [0.2, 0.25) is 0 Å². The van der Waals surface area contributed by atoms with Crippen molar-refractivity contribution in [2.75, 3.05) is 23.7 Å². The van der Waals surface area contributed by atoms with Crippen LogP contribution in [0.25, 0.3) is 22.4 Å². The van der Waals surface area contributed by atoms with Crippen LogP contribution in [-0.4, -0.2) is 66.3 Å². The van der Waals surface area contributed by atoms with Crippen molar-refractivity contribution in [1.29, 1.82) is 0 Å². The largest absolute Gasteiger partial charge is 0.465 e. The second kappa shape index (κ2) is 9.80. The third-order valence-electron chi connectivity index (χ3n) is 7.49. The third kappa shape index (κ3) is 4.73. The predicted octanol–water partition coefficient (Wildman–Crippen LogP) is 2.64. The average molecular weight is 548 g/mol. The number of anilines is 2. The van der Waals surface area contributed by atoms with Gasteiger partial charge in [0.2, 0.25) is 5.91 Å². The van der Waals surface area contributed by atoms with Crippen LogP contribution in [0.4, 0.5) is 16.3 Å². The lowest BCUT2D eigenvalue weighted by atomic mass is 9.96. The molecule has 5 N–H and O–H groups in total. The number of benzene rings is 1. The molecular formula is C26H29N9O3S. The van der Waals surface area contributed by atoms with Crippen molar-refractivity contribution in [2.24, 2.45) is 0 Å². The molecule has 0 bridgehead atoms. The zero-order chi connectivity index (χ0) is 27.1. The molecule has 12 nitrogen and oxygen atoms in total. The maximum atomic E-state index is 13.3. The number of nitrogen functional groups attached to an aromatic ring is 1. The highest BCUT2D eigenvalue weighted by Crippen LogP contribution is 2.37. The normalized spacial score (nSPS) is 18.9. The number of thiazole rings is 1. The first-order chi connectivity index (χ1) is 18.9. The number of carboxylic acid groups (broad SMARTS) is 1. The van der Waals surface area contributed by atoms with Gasteiger partial charge in [0.15, 0.2) is 11.5 Å². The van der Waals surface area contributed by atoms with Crippen LogP contribution in [0.3, 0.4) is 0 Å². The topological polar surface area (TPSA) is 164 Å². The highest BCUT2D eigenvalue weighted by Gasteiger charge is 2.48. The minimum atomic E-state index is -1.24. The van der Waals surface area contributed by atoms with Gasteiger partial charge in [-0.15, -0.1) is 11.3 Å². The van der Waals surface area contributed by atoms with Crippen molar-refractivity contribution < 1.29 is 14.7 Å². The van der Waals surface area contributed by atoms with E-state index in [0.717, 1.165) is 47.3 Å². The number of imidazole rings is 1. The van der Waals surface area contributed by atoms with Gasteiger partial charge < -0.3 is 30.9 Å². The molecule has 3 aromatic heterocycles. The number of fused-ring (bicyclic) bond motifs is 1. The Labute approximate surface area is 228 Å². The highest BCUT2D eigenvalue weighted by molar-refractivity contribution is 7.07. The molecule has 2 amide bonds. The van der Waals surface area contributed by atoms with E-state index < -0.39 is 11.6 Å². The van der Waals surface area contributed by atoms with Crippen LogP contribution >= 0.6 is 11.3 Å². The van der Waals surface area contributed by atoms with Crippen LogP contribution in [0.5, 0.6) is 0 Å². The van der Waals surface area contributed by atoms with Gasteiger partial charge in [0.25, 0.3) is 0 Å². The molecule has 0 radical (unpaired) electrons. The van der Waals surface area contributed by atoms with E-state index in [1.807, 2.05) is 9.95 Å². The Morgan fingerprint density at radius 2 is 2.08 bits per heavy atom. The molecule has 4 heterocycles. The molecule has 1 aliphatic carbocycles. The molecule has 1 saturated heterocycles. The lowest BCUT2D eigenvalue weighted by Gasteiger charge is -2.30. The van der Waals surface area contributed by atoms with Crippen molar-refractivity contribution in [3.63, 3.8) is 0 Å². The first-order valence-corrected chi connectivity index (χ1v) is 13.8. The fraction of sp³-hybridized carbons (Fsp3) is 0.385. The number of amides is 2. The first kappa shape index (κ1) is 25.0. The molecule has 1 aliphatic heterocycles. The molecule has 6 rings (SSSR count). The predicted molar refractivity (Wildman–Crippen MR) is 148 cm³/mol. The van der Waals surface area contributed by atoms with Crippen molar-refractivity contribution in [2.45, 2.75) is 50.7 Å². The summed E-state index contributed by atoms with van der Waals surface area (Å²) in [5.74, 6) is 0.0508. The molecular weight excluding hydrogens is 518 g/mol. The summed E-state index contributed by atoms with van der Waals surface area (Å²) in [4.78, 5) is 44.6. The SMILES string of the molecule is CCc1cc(-c2cscn2)cc(N2CC[C@](NC(=O)O)(C(=O)NC3CC3)C2)c1Cn1cnc2c(N)ncnc21. The van der Waals surface area contributed by atoms with E-state index in [0.29, 0.717) is 36.5 Å². The summed E-state index contributed by atoms with van der Waals surface area (Å²) < 4.78 is 1.94. The number of aryl methyl sites for hydroxylation is 1. The Kier molecular flexibility index (Phi) is 6.29. The quantitative estimate of drug-likeness (QED) is 0.259. The van der Waals surface area contributed by atoms with Crippen LogP contribution < -0.4 is 21.3 Å². The summed E-state index contributed by atoms with van der Waals surface area (Å²) in [7, 11) is 0. The Morgan fingerprint density at radius 1 is 1.23 bits per heavy atom. The fourth-order valence-electron chi connectivity index (χ4n) is 5.30. The van der Waals surface area contributed by atoms with Gasteiger partial charge >= 0.3 is 6.09 Å². The number of nitrogens with two attached hydrogens (primary N) is 1. The van der Waals surface area contributed by atoms with Gasteiger partial charge in [-0.25, -0.2) is 24.7 Å². The summed E-state index contributed by atoms with van der Waals surface area (Å²) in [6, 6.07) is 4.36. The van der Waals surface area contributed by atoms with E-state index in [9.17, 15) is 14.7 Å². The number of rotatable bonds is 8. The number of hydrogen-bond acceptors (Lipinski definition) is 9. The van der Waals surface area contributed by atoms with Gasteiger partial charge in [-0.3, -0.25) is 4.79 Å².